The standard InChI is InChI=1S/C11H14BrCl2NO2S/c1-3-11(2,7-12)15-18(16,17)10-6-8(13)4-5-9(10)14/h4-6,15H,3,7H2,1-2H3. The quantitative estimate of drug-likeness (QED) is 0.796. The molecule has 0 saturated heterocycles. The molecule has 3 nitrogen and oxygen atoms in total. The summed E-state index contributed by atoms with van der Waals surface area (Å²) in [7, 11) is -3.69. The SMILES string of the molecule is CCC(C)(CBr)NS(=O)(=O)c1cc(Cl)ccc1Cl. The number of hydrogen-bond donors (Lipinski definition) is 1. The highest BCUT2D eigenvalue weighted by Gasteiger charge is 2.29. The van der Waals surface area contributed by atoms with Gasteiger partial charge in [0.05, 0.1) is 5.02 Å². The van der Waals surface area contributed by atoms with Gasteiger partial charge in [0.15, 0.2) is 0 Å². The third kappa shape index (κ3) is 3.84. The highest BCUT2D eigenvalue weighted by molar-refractivity contribution is 9.09. The molecule has 1 N–H and O–H groups in total. The molecular weight excluding hydrogens is 361 g/mol. The highest BCUT2D eigenvalue weighted by atomic mass is 79.9. The molecule has 1 atom stereocenters. The van der Waals surface area contributed by atoms with Crippen LogP contribution >= 0.6 is 39.1 Å². The van der Waals surface area contributed by atoms with E-state index >= 15 is 0 Å². The van der Waals surface area contributed by atoms with Crippen molar-refractivity contribution < 1.29 is 8.42 Å². The van der Waals surface area contributed by atoms with Gasteiger partial charge in [-0.05, 0) is 31.5 Å². The second-order valence-corrected chi connectivity index (χ2v) is 7.28. The van der Waals surface area contributed by atoms with Gasteiger partial charge in [-0.25, -0.2) is 13.1 Å². The van der Waals surface area contributed by atoms with Crippen molar-refractivity contribution in [2.45, 2.75) is 30.7 Å². The van der Waals surface area contributed by atoms with Crippen LogP contribution in [-0.2, 0) is 10.0 Å². The van der Waals surface area contributed by atoms with Crippen LogP contribution in [0.1, 0.15) is 20.3 Å². The molecule has 1 rings (SSSR count). The molecule has 0 saturated carbocycles. The molecule has 0 aliphatic heterocycles. The minimum atomic E-state index is -3.69. The van der Waals surface area contributed by atoms with E-state index in [1.807, 2.05) is 13.8 Å². The summed E-state index contributed by atoms with van der Waals surface area (Å²) in [5.74, 6) is 0. The van der Waals surface area contributed by atoms with Gasteiger partial charge < -0.3 is 0 Å². The lowest BCUT2D eigenvalue weighted by Crippen LogP contribution is -2.46. The summed E-state index contributed by atoms with van der Waals surface area (Å²) in [4.78, 5) is -0.00251. The molecule has 0 fully saturated rings. The Bertz CT molecular complexity index is 530. The van der Waals surface area contributed by atoms with Crippen molar-refractivity contribution >= 4 is 49.2 Å². The van der Waals surface area contributed by atoms with E-state index in [-0.39, 0.29) is 9.92 Å². The second kappa shape index (κ2) is 6.09. The monoisotopic (exact) mass is 373 g/mol. The first kappa shape index (κ1) is 16.2. The lowest BCUT2D eigenvalue weighted by Gasteiger charge is -2.27. The number of rotatable bonds is 5. The smallest absolute Gasteiger partial charge is 0.207 e. The Hall–Kier alpha value is 0.190. The summed E-state index contributed by atoms with van der Waals surface area (Å²) < 4.78 is 27.2. The van der Waals surface area contributed by atoms with Crippen LogP contribution in [0.3, 0.4) is 0 Å². The van der Waals surface area contributed by atoms with E-state index < -0.39 is 15.6 Å². The van der Waals surface area contributed by atoms with Gasteiger partial charge in [0.2, 0.25) is 10.0 Å². The third-order valence-electron chi connectivity index (χ3n) is 2.64. The molecule has 102 valence electrons. The van der Waals surface area contributed by atoms with E-state index in [2.05, 4.69) is 20.7 Å². The van der Waals surface area contributed by atoms with E-state index in [4.69, 9.17) is 23.2 Å². The van der Waals surface area contributed by atoms with Gasteiger partial charge in [-0.15, -0.1) is 0 Å². The lowest BCUT2D eigenvalue weighted by atomic mass is 10.0. The zero-order chi connectivity index (χ0) is 14.0. The predicted molar refractivity (Wildman–Crippen MR) is 79.3 cm³/mol. The summed E-state index contributed by atoms with van der Waals surface area (Å²) in [5, 5.41) is 0.991. The van der Waals surface area contributed by atoms with Gasteiger partial charge in [-0.1, -0.05) is 46.1 Å². The minimum absolute atomic E-state index is 0.00251. The minimum Gasteiger partial charge on any atom is -0.207 e. The maximum Gasteiger partial charge on any atom is 0.242 e. The molecular formula is C11H14BrCl2NO2S. The van der Waals surface area contributed by atoms with Crippen molar-refractivity contribution in [3.63, 3.8) is 0 Å². The molecule has 0 radical (unpaired) electrons. The molecule has 1 unspecified atom stereocenters. The summed E-state index contributed by atoms with van der Waals surface area (Å²) >= 11 is 15.0. The van der Waals surface area contributed by atoms with Crippen molar-refractivity contribution in [2.24, 2.45) is 0 Å². The molecule has 1 aromatic rings. The number of halogens is 3. The molecule has 0 aromatic heterocycles. The first-order valence-electron chi connectivity index (χ1n) is 5.29. The number of sulfonamides is 1. The summed E-state index contributed by atoms with van der Waals surface area (Å²) in [5.41, 5.74) is -0.565. The molecule has 18 heavy (non-hydrogen) atoms. The molecule has 0 aliphatic carbocycles. The molecule has 0 aliphatic rings. The predicted octanol–water partition coefficient (Wildman–Crippen LogP) is 3.84. The zero-order valence-electron chi connectivity index (χ0n) is 10.0. The fourth-order valence-electron chi connectivity index (χ4n) is 1.26. The van der Waals surface area contributed by atoms with Crippen LogP contribution in [-0.4, -0.2) is 19.3 Å². The summed E-state index contributed by atoms with van der Waals surface area (Å²) in [6, 6.07) is 4.36. The van der Waals surface area contributed by atoms with Gasteiger partial charge in [0, 0.05) is 15.9 Å². The topological polar surface area (TPSA) is 46.2 Å². The van der Waals surface area contributed by atoms with Crippen LogP contribution in [0, 0.1) is 0 Å². The van der Waals surface area contributed by atoms with Crippen LogP contribution in [0.5, 0.6) is 0 Å². The van der Waals surface area contributed by atoms with Gasteiger partial charge in [-0.2, -0.15) is 0 Å². The van der Waals surface area contributed by atoms with Crippen LogP contribution in [0.15, 0.2) is 23.1 Å². The van der Waals surface area contributed by atoms with Gasteiger partial charge in [-0.3, -0.25) is 0 Å². The average molecular weight is 375 g/mol. The number of nitrogens with one attached hydrogen (secondary N) is 1. The second-order valence-electron chi connectivity index (χ2n) is 4.23. The fraction of sp³-hybridized carbons (Fsp3) is 0.455. The largest absolute Gasteiger partial charge is 0.242 e. The Morgan fingerprint density at radius 2 is 2.00 bits per heavy atom. The van der Waals surface area contributed by atoms with E-state index in [0.29, 0.717) is 16.8 Å². The van der Waals surface area contributed by atoms with Crippen molar-refractivity contribution in [1.82, 2.24) is 4.72 Å². The van der Waals surface area contributed by atoms with Crippen molar-refractivity contribution in [3.8, 4) is 0 Å². The Labute approximate surface area is 126 Å². The Morgan fingerprint density at radius 3 is 2.50 bits per heavy atom. The maximum absolute atomic E-state index is 12.3. The number of alkyl halides is 1. The molecule has 0 amide bonds. The molecule has 0 spiro atoms. The van der Waals surface area contributed by atoms with E-state index in [1.54, 1.807) is 6.07 Å². The van der Waals surface area contributed by atoms with Crippen LogP contribution < -0.4 is 4.72 Å². The van der Waals surface area contributed by atoms with Gasteiger partial charge in [0.25, 0.3) is 0 Å². The molecule has 1 aromatic carbocycles. The third-order valence-corrected chi connectivity index (χ3v) is 6.23. The number of benzene rings is 1. The molecule has 0 heterocycles. The fourth-order valence-corrected chi connectivity index (χ4v) is 4.22. The Balaban J connectivity index is 3.18. The van der Waals surface area contributed by atoms with Crippen molar-refractivity contribution in [3.05, 3.63) is 28.2 Å². The van der Waals surface area contributed by atoms with Crippen molar-refractivity contribution in [1.29, 1.82) is 0 Å². The summed E-state index contributed by atoms with van der Waals surface area (Å²) in [6.45, 7) is 3.72. The number of hydrogen-bond acceptors (Lipinski definition) is 2. The maximum atomic E-state index is 12.3. The van der Waals surface area contributed by atoms with Crippen LogP contribution in [0.25, 0.3) is 0 Å². The molecule has 0 bridgehead atoms. The van der Waals surface area contributed by atoms with Crippen LogP contribution in [0.4, 0.5) is 0 Å². The van der Waals surface area contributed by atoms with E-state index in [0.717, 1.165) is 0 Å². The highest BCUT2D eigenvalue weighted by Crippen LogP contribution is 2.26. The van der Waals surface area contributed by atoms with Gasteiger partial charge >= 0.3 is 0 Å². The van der Waals surface area contributed by atoms with E-state index in [9.17, 15) is 8.42 Å². The lowest BCUT2D eigenvalue weighted by molar-refractivity contribution is 0.449. The van der Waals surface area contributed by atoms with Crippen molar-refractivity contribution in [2.75, 3.05) is 5.33 Å². The average Bonchev–Trinajstić information content (AvgIpc) is 2.31. The van der Waals surface area contributed by atoms with E-state index in [1.165, 1.54) is 12.1 Å². The zero-order valence-corrected chi connectivity index (χ0v) is 13.9. The first-order chi connectivity index (χ1) is 8.24. The summed E-state index contributed by atoms with van der Waals surface area (Å²) in [6.07, 6.45) is 0.648. The normalized spacial score (nSPS) is 15.4. The van der Waals surface area contributed by atoms with Crippen LogP contribution in [0.2, 0.25) is 10.0 Å². The first-order valence-corrected chi connectivity index (χ1v) is 8.65. The Kier molecular flexibility index (Phi) is 5.50. The Morgan fingerprint density at radius 1 is 1.39 bits per heavy atom. The molecule has 7 heteroatoms. The van der Waals surface area contributed by atoms with Gasteiger partial charge in [0.1, 0.15) is 4.90 Å².